The van der Waals surface area contributed by atoms with Gasteiger partial charge in [0.15, 0.2) is 0 Å². The molecule has 2 aromatic rings. The lowest BCUT2D eigenvalue weighted by Crippen LogP contribution is -2.23. The maximum Gasteiger partial charge on any atom is 0.251 e. The van der Waals surface area contributed by atoms with E-state index in [1.165, 1.54) is 11.3 Å². The molecule has 0 radical (unpaired) electrons. The molecule has 0 atom stereocenters. The number of H-pyrrole nitrogens is 1. The highest BCUT2D eigenvalue weighted by Crippen LogP contribution is 2.32. The summed E-state index contributed by atoms with van der Waals surface area (Å²) in [4.78, 5) is 15.4. The molecule has 0 bridgehead atoms. The molecule has 2 rings (SSSR count). The molecule has 0 aliphatic rings. The summed E-state index contributed by atoms with van der Waals surface area (Å²) in [6.45, 7) is 6.08. The van der Waals surface area contributed by atoms with E-state index in [-0.39, 0.29) is 5.56 Å². The smallest absolute Gasteiger partial charge is 0.251 e. The average Bonchev–Trinajstić information content (AvgIpc) is 2.96. The molecule has 22 heavy (non-hydrogen) atoms. The van der Waals surface area contributed by atoms with Crippen LogP contribution in [0.1, 0.15) is 31.5 Å². The van der Waals surface area contributed by atoms with Gasteiger partial charge in [0.05, 0.1) is 0 Å². The van der Waals surface area contributed by atoms with Gasteiger partial charge < -0.3 is 4.98 Å². The molecule has 2 N–H and O–H groups in total. The zero-order valence-corrected chi connectivity index (χ0v) is 14.5. The van der Waals surface area contributed by atoms with E-state index in [0.29, 0.717) is 22.7 Å². The number of rotatable bonds is 6. The van der Waals surface area contributed by atoms with Crippen molar-refractivity contribution in [1.29, 1.82) is 0 Å². The monoisotopic (exact) mass is 340 g/mol. The van der Waals surface area contributed by atoms with E-state index in [9.17, 15) is 13.2 Å². The second kappa shape index (κ2) is 6.76. The van der Waals surface area contributed by atoms with Crippen LogP contribution in [0.15, 0.2) is 27.2 Å². The lowest BCUT2D eigenvalue weighted by Gasteiger charge is -2.06. The van der Waals surface area contributed by atoms with E-state index in [0.717, 1.165) is 22.6 Å². The normalized spacial score (nSPS) is 11.8. The number of nitrogens with one attached hydrogen (secondary N) is 2. The summed E-state index contributed by atoms with van der Waals surface area (Å²) in [7, 11) is -3.45. The maximum absolute atomic E-state index is 12.1. The second-order valence-electron chi connectivity index (χ2n) is 5.03. The Balaban J connectivity index is 2.42. The summed E-state index contributed by atoms with van der Waals surface area (Å²) < 4.78 is 27.1. The van der Waals surface area contributed by atoms with Crippen molar-refractivity contribution < 1.29 is 8.42 Å². The first-order valence-corrected chi connectivity index (χ1v) is 9.51. The van der Waals surface area contributed by atoms with Crippen molar-refractivity contribution in [3.05, 3.63) is 39.8 Å². The van der Waals surface area contributed by atoms with Crippen molar-refractivity contribution in [3.63, 3.8) is 0 Å². The fourth-order valence-corrected chi connectivity index (χ4v) is 4.66. The summed E-state index contributed by atoms with van der Waals surface area (Å²) in [5.41, 5.74) is 2.23. The van der Waals surface area contributed by atoms with Gasteiger partial charge in [-0.3, -0.25) is 4.79 Å². The maximum atomic E-state index is 12.1. The molecular formula is C15H20N2O3S2. The van der Waals surface area contributed by atoms with Gasteiger partial charge in [-0.25, -0.2) is 13.1 Å². The topological polar surface area (TPSA) is 79.0 Å². The molecule has 5 nitrogen and oxygen atoms in total. The molecule has 2 aromatic heterocycles. The van der Waals surface area contributed by atoms with Crippen LogP contribution in [0.3, 0.4) is 0 Å². The molecule has 0 saturated carbocycles. The third kappa shape index (κ3) is 3.48. The highest BCUT2D eigenvalue weighted by Gasteiger charge is 2.17. The molecule has 0 spiro atoms. The van der Waals surface area contributed by atoms with E-state index in [1.807, 2.05) is 26.8 Å². The summed E-state index contributed by atoms with van der Waals surface area (Å²) in [5.74, 6) is 0. The second-order valence-corrected chi connectivity index (χ2v) is 8.11. The minimum atomic E-state index is -3.45. The minimum Gasteiger partial charge on any atom is -0.326 e. The number of thiophene rings is 1. The Kier molecular flexibility index (Phi) is 5.20. The SMILES string of the molecule is CCCNS(=O)(=O)c1ccc(-c2cc(CC)c(=O)[nH]c2C)s1. The first-order valence-electron chi connectivity index (χ1n) is 7.21. The van der Waals surface area contributed by atoms with Crippen molar-refractivity contribution in [1.82, 2.24) is 9.71 Å². The zero-order chi connectivity index (χ0) is 16.3. The van der Waals surface area contributed by atoms with Gasteiger partial charge in [-0.1, -0.05) is 13.8 Å². The first-order chi connectivity index (χ1) is 10.4. The fourth-order valence-electron chi connectivity index (χ4n) is 2.10. The molecule has 0 unspecified atom stereocenters. The third-order valence-electron chi connectivity index (χ3n) is 3.35. The Morgan fingerprint density at radius 1 is 1.27 bits per heavy atom. The van der Waals surface area contributed by atoms with Crippen molar-refractivity contribution in [2.24, 2.45) is 0 Å². The molecule has 0 amide bonds. The largest absolute Gasteiger partial charge is 0.326 e. The van der Waals surface area contributed by atoms with Gasteiger partial charge in [-0.15, -0.1) is 11.3 Å². The van der Waals surface area contributed by atoms with Crippen LogP contribution in [0.5, 0.6) is 0 Å². The molecule has 120 valence electrons. The van der Waals surface area contributed by atoms with Crippen LogP contribution < -0.4 is 10.3 Å². The number of aromatic nitrogens is 1. The van der Waals surface area contributed by atoms with Gasteiger partial charge in [-0.05, 0) is 38.0 Å². The van der Waals surface area contributed by atoms with Crippen LogP contribution in [-0.4, -0.2) is 19.9 Å². The average molecular weight is 340 g/mol. The van der Waals surface area contributed by atoms with Crippen molar-refractivity contribution >= 4 is 21.4 Å². The van der Waals surface area contributed by atoms with Crippen LogP contribution in [0.2, 0.25) is 0 Å². The highest BCUT2D eigenvalue weighted by atomic mass is 32.2. The number of sulfonamides is 1. The van der Waals surface area contributed by atoms with Crippen molar-refractivity contribution in [2.45, 2.75) is 37.8 Å². The van der Waals surface area contributed by atoms with Crippen LogP contribution in [0.25, 0.3) is 10.4 Å². The number of aromatic amines is 1. The van der Waals surface area contributed by atoms with Crippen LogP contribution in [0.4, 0.5) is 0 Å². The van der Waals surface area contributed by atoms with Crippen molar-refractivity contribution in [2.75, 3.05) is 6.54 Å². The Bertz CT molecular complexity index is 820. The van der Waals surface area contributed by atoms with Gasteiger partial charge in [-0.2, -0.15) is 0 Å². The van der Waals surface area contributed by atoms with E-state index < -0.39 is 10.0 Å². The number of hydrogen-bond donors (Lipinski definition) is 2. The Labute approximate surface area is 134 Å². The van der Waals surface area contributed by atoms with E-state index in [1.54, 1.807) is 12.1 Å². The summed E-state index contributed by atoms with van der Waals surface area (Å²) in [6.07, 6.45) is 1.38. The summed E-state index contributed by atoms with van der Waals surface area (Å²) >= 11 is 1.21. The molecule has 2 heterocycles. The van der Waals surface area contributed by atoms with E-state index in [2.05, 4.69) is 9.71 Å². The predicted molar refractivity (Wildman–Crippen MR) is 90.0 cm³/mol. The first kappa shape index (κ1) is 16.9. The highest BCUT2D eigenvalue weighted by molar-refractivity contribution is 7.91. The molecule has 0 aliphatic carbocycles. The van der Waals surface area contributed by atoms with Crippen LogP contribution >= 0.6 is 11.3 Å². The van der Waals surface area contributed by atoms with E-state index in [4.69, 9.17) is 0 Å². The standard InChI is InChI=1S/C15H20N2O3S2/c1-4-8-16-22(19,20)14-7-6-13(21-14)12-9-11(5-2)15(18)17-10(12)3/h6-7,9,16H,4-5,8H2,1-3H3,(H,17,18). The lowest BCUT2D eigenvalue weighted by molar-refractivity contribution is 0.583. The van der Waals surface area contributed by atoms with Gasteiger partial charge in [0.1, 0.15) is 4.21 Å². The van der Waals surface area contributed by atoms with Gasteiger partial charge >= 0.3 is 0 Å². The van der Waals surface area contributed by atoms with Gasteiger partial charge in [0.25, 0.3) is 5.56 Å². The summed E-state index contributed by atoms with van der Waals surface area (Å²) in [5, 5.41) is 0. The fraction of sp³-hybridized carbons (Fsp3) is 0.400. The third-order valence-corrected chi connectivity index (χ3v) is 6.42. The van der Waals surface area contributed by atoms with Gasteiger partial charge in [0.2, 0.25) is 10.0 Å². The summed E-state index contributed by atoms with van der Waals surface area (Å²) in [6, 6.07) is 5.23. The molecule has 0 saturated heterocycles. The molecule has 7 heteroatoms. The Morgan fingerprint density at radius 2 is 2.00 bits per heavy atom. The molecule has 0 fully saturated rings. The zero-order valence-electron chi connectivity index (χ0n) is 12.9. The quantitative estimate of drug-likeness (QED) is 0.848. The van der Waals surface area contributed by atoms with Gasteiger partial charge in [0, 0.05) is 28.2 Å². The molecular weight excluding hydrogens is 320 g/mol. The Hall–Kier alpha value is -1.44. The molecule has 0 aromatic carbocycles. The lowest BCUT2D eigenvalue weighted by atomic mass is 10.1. The molecule has 0 aliphatic heterocycles. The van der Waals surface area contributed by atoms with Crippen molar-refractivity contribution in [3.8, 4) is 10.4 Å². The van der Waals surface area contributed by atoms with Crippen LogP contribution in [-0.2, 0) is 16.4 Å². The number of pyridine rings is 1. The number of aryl methyl sites for hydroxylation is 2. The van der Waals surface area contributed by atoms with Crippen LogP contribution in [0, 0.1) is 6.92 Å². The minimum absolute atomic E-state index is 0.0854. The Morgan fingerprint density at radius 3 is 2.64 bits per heavy atom. The predicted octanol–water partition coefficient (Wildman–Crippen LogP) is 2.66. The van der Waals surface area contributed by atoms with E-state index >= 15 is 0 Å². The number of hydrogen-bond acceptors (Lipinski definition) is 4.